The highest BCUT2D eigenvalue weighted by Crippen LogP contribution is 2.23. The SMILES string of the molecule is CN(C(=O)Cc1ccc2c(c1)CCC2)C1CCN(CCc2ccccn2)CC1. The number of pyridine rings is 1. The lowest BCUT2D eigenvalue weighted by atomic mass is 10.0. The molecule has 1 fully saturated rings. The number of aryl methyl sites for hydroxylation is 2. The van der Waals surface area contributed by atoms with Crippen molar-refractivity contribution in [2.45, 2.75) is 51.0 Å². The number of amides is 1. The average molecular weight is 378 g/mol. The Bertz CT molecular complexity index is 797. The summed E-state index contributed by atoms with van der Waals surface area (Å²) in [5.74, 6) is 0.255. The quantitative estimate of drug-likeness (QED) is 0.775. The van der Waals surface area contributed by atoms with Crippen molar-refractivity contribution in [3.05, 3.63) is 65.0 Å². The van der Waals surface area contributed by atoms with Gasteiger partial charge in [0, 0.05) is 51.0 Å². The third-order valence-corrected chi connectivity index (χ3v) is 6.43. The van der Waals surface area contributed by atoms with Crippen LogP contribution in [0.3, 0.4) is 0 Å². The first-order chi connectivity index (χ1) is 13.7. The maximum atomic E-state index is 12.8. The number of aromatic nitrogens is 1. The molecule has 0 radical (unpaired) electrons. The standard InChI is InChI=1S/C24H31N3O/c1-26(24(28)18-19-8-9-20-5-4-6-21(20)17-19)23-11-15-27(16-12-23)14-10-22-7-2-3-13-25-22/h2-3,7-9,13,17,23H,4-6,10-12,14-16,18H2,1H3. The van der Waals surface area contributed by atoms with Gasteiger partial charge in [-0.15, -0.1) is 0 Å². The highest BCUT2D eigenvalue weighted by atomic mass is 16.2. The van der Waals surface area contributed by atoms with Crippen molar-refractivity contribution in [3.8, 4) is 0 Å². The van der Waals surface area contributed by atoms with Crippen molar-refractivity contribution in [1.29, 1.82) is 0 Å². The van der Waals surface area contributed by atoms with Gasteiger partial charge in [0.15, 0.2) is 0 Å². The van der Waals surface area contributed by atoms with Crippen LogP contribution in [0.4, 0.5) is 0 Å². The molecule has 28 heavy (non-hydrogen) atoms. The van der Waals surface area contributed by atoms with Gasteiger partial charge in [-0.3, -0.25) is 9.78 Å². The first-order valence-electron chi connectivity index (χ1n) is 10.7. The second-order valence-electron chi connectivity index (χ2n) is 8.28. The van der Waals surface area contributed by atoms with Crippen molar-refractivity contribution in [2.24, 2.45) is 0 Å². The van der Waals surface area contributed by atoms with Gasteiger partial charge in [0.25, 0.3) is 0 Å². The summed E-state index contributed by atoms with van der Waals surface area (Å²) in [6.07, 6.45) is 9.15. The number of rotatable bonds is 6. The maximum Gasteiger partial charge on any atom is 0.226 e. The molecule has 1 saturated heterocycles. The lowest BCUT2D eigenvalue weighted by Crippen LogP contribution is -2.46. The Balaban J connectivity index is 1.24. The Hall–Kier alpha value is -2.20. The van der Waals surface area contributed by atoms with E-state index in [1.54, 1.807) is 0 Å². The fourth-order valence-corrected chi connectivity index (χ4v) is 4.59. The molecule has 2 aromatic rings. The highest BCUT2D eigenvalue weighted by Gasteiger charge is 2.25. The predicted molar refractivity (Wildman–Crippen MR) is 112 cm³/mol. The van der Waals surface area contributed by atoms with Gasteiger partial charge in [-0.1, -0.05) is 24.3 Å². The summed E-state index contributed by atoms with van der Waals surface area (Å²) < 4.78 is 0. The van der Waals surface area contributed by atoms with Crippen LogP contribution in [0.1, 0.15) is 41.6 Å². The van der Waals surface area contributed by atoms with Crippen LogP contribution < -0.4 is 0 Å². The Morgan fingerprint density at radius 3 is 2.75 bits per heavy atom. The number of likely N-dealkylation sites (tertiary alicyclic amines) is 1. The molecule has 4 rings (SSSR count). The van der Waals surface area contributed by atoms with E-state index in [1.807, 2.05) is 24.2 Å². The molecule has 2 aliphatic rings. The molecule has 1 amide bonds. The number of carbonyl (C=O) groups is 1. The summed E-state index contributed by atoms with van der Waals surface area (Å²) >= 11 is 0. The van der Waals surface area contributed by atoms with E-state index in [4.69, 9.17) is 0 Å². The van der Waals surface area contributed by atoms with E-state index in [-0.39, 0.29) is 5.91 Å². The van der Waals surface area contributed by atoms with Crippen LogP contribution in [-0.4, -0.2) is 53.4 Å². The topological polar surface area (TPSA) is 36.4 Å². The third-order valence-electron chi connectivity index (χ3n) is 6.43. The van der Waals surface area contributed by atoms with E-state index < -0.39 is 0 Å². The zero-order valence-electron chi connectivity index (χ0n) is 16.9. The molecule has 2 heterocycles. The van der Waals surface area contributed by atoms with Gasteiger partial charge < -0.3 is 9.80 Å². The number of piperidine rings is 1. The van der Waals surface area contributed by atoms with E-state index in [2.05, 4.69) is 40.2 Å². The predicted octanol–water partition coefficient (Wildman–Crippen LogP) is 3.28. The Morgan fingerprint density at radius 1 is 1.14 bits per heavy atom. The molecule has 1 aliphatic carbocycles. The number of hydrogen-bond acceptors (Lipinski definition) is 3. The summed E-state index contributed by atoms with van der Waals surface area (Å²) in [5, 5.41) is 0. The number of fused-ring (bicyclic) bond motifs is 1. The maximum absolute atomic E-state index is 12.8. The van der Waals surface area contributed by atoms with Gasteiger partial charge >= 0.3 is 0 Å². The van der Waals surface area contributed by atoms with Crippen LogP contribution in [0.5, 0.6) is 0 Å². The molecule has 1 aromatic heterocycles. The molecule has 0 spiro atoms. The van der Waals surface area contributed by atoms with E-state index in [0.717, 1.165) is 44.6 Å². The van der Waals surface area contributed by atoms with Crippen LogP contribution in [0.25, 0.3) is 0 Å². The lowest BCUT2D eigenvalue weighted by molar-refractivity contribution is -0.132. The molecule has 4 nitrogen and oxygen atoms in total. The van der Waals surface area contributed by atoms with Gasteiger partial charge in [0.05, 0.1) is 6.42 Å². The van der Waals surface area contributed by atoms with Crippen molar-refractivity contribution in [1.82, 2.24) is 14.8 Å². The zero-order valence-corrected chi connectivity index (χ0v) is 16.9. The average Bonchev–Trinajstić information content (AvgIpc) is 3.21. The van der Waals surface area contributed by atoms with Crippen molar-refractivity contribution in [3.63, 3.8) is 0 Å². The van der Waals surface area contributed by atoms with Crippen molar-refractivity contribution < 1.29 is 4.79 Å². The summed E-state index contributed by atoms with van der Waals surface area (Å²) in [5.41, 5.74) is 5.26. The molecular formula is C24H31N3O. The third kappa shape index (κ3) is 4.61. The number of likely N-dealkylation sites (N-methyl/N-ethyl adjacent to an activating group) is 1. The molecular weight excluding hydrogens is 346 g/mol. The summed E-state index contributed by atoms with van der Waals surface area (Å²) in [7, 11) is 1.99. The van der Waals surface area contributed by atoms with Crippen molar-refractivity contribution >= 4 is 5.91 Å². The fraction of sp³-hybridized carbons (Fsp3) is 0.500. The first-order valence-corrected chi connectivity index (χ1v) is 10.7. The molecule has 148 valence electrons. The van der Waals surface area contributed by atoms with Crippen molar-refractivity contribution in [2.75, 3.05) is 26.7 Å². The molecule has 4 heteroatoms. The van der Waals surface area contributed by atoms with Crippen LogP contribution in [-0.2, 0) is 30.5 Å². The van der Waals surface area contributed by atoms with Crippen LogP contribution in [0, 0.1) is 0 Å². The van der Waals surface area contributed by atoms with Gasteiger partial charge in [-0.05, 0) is 60.9 Å². The Morgan fingerprint density at radius 2 is 1.96 bits per heavy atom. The van der Waals surface area contributed by atoms with E-state index >= 15 is 0 Å². The Labute approximate surface area is 168 Å². The van der Waals surface area contributed by atoms with E-state index in [0.29, 0.717) is 12.5 Å². The van der Waals surface area contributed by atoms with Gasteiger partial charge in [-0.25, -0.2) is 0 Å². The summed E-state index contributed by atoms with van der Waals surface area (Å²) in [6.45, 7) is 3.18. The molecule has 0 N–H and O–H groups in total. The minimum absolute atomic E-state index is 0.255. The second-order valence-corrected chi connectivity index (χ2v) is 8.28. The highest BCUT2D eigenvalue weighted by molar-refractivity contribution is 5.79. The second kappa shape index (κ2) is 8.87. The number of carbonyl (C=O) groups excluding carboxylic acids is 1. The largest absolute Gasteiger partial charge is 0.342 e. The summed E-state index contributed by atoms with van der Waals surface area (Å²) in [6, 6.07) is 13.1. The molecule has 1 aliphatic heterocycles. The van der Waals surface area contributed by atoms with Gasteiger partial charge in [-0.2, -0.15) is 0 Å². The van der Waals surface area contributed by atoms with Crippen LogP contribution >= 0.6 is 0 Å². The number of benzene rings is 1. The zero-order chi connectivity index (χ0) is 19.3. The van der Waals surface area contributed by atoms with E-state index in [9.17, 15) is 4.79 Å². The Kier molecular flexibility index (Phi) is 6.06. The molecule has 0 bridgehead atoms. The normalized spacial score (nSPS) is 17.5. The smallest absolute Gasteiger partial charge is 0.226 e. The van der Waals surface area contributed by atoms with Gasteiger partial charge in [0.2, 0.25) is 5.91 Å². The minimum Gasteiger partial charge on any atom is -0.342 e. The minimum atomic E-state index is 0.255. The summed E-state index contributed by atoms with van der Waals surface area (Å²) in [4.78, 5) is 21.7. The fourth-order valence-electron chi connectivity index (χ4n) is 4.59. The monoisotopic (exact) mass is 377 g/mol. The van der Waals surface area contributed by atoms with Crippen LogP contribution in [0.15, 0.2) is 42.6 Å². The first kappa shape index (κ1) is 19.1. The van der Waals surface area contributed by atoms with Crippen LogP contribution in [0.2, 0.25) is 0 Å². The van der Waals surface area contributed by atoms with Gasteiger partial charge in [0.1, 0.15) is 0 Å². The lowest BCUT2D eigenvalue weighted by Gasteiger charge is -2.36. The number of hydrogen-bond donors (Lipinski definition) is 0. The molecule has 0 atom stereocenters. The number of nitrogens with zero attached hydrogens (tertiary/aromatic N) is 3. The molecule has 0 saturated carbocycles. The molecule has 0 unspecified atom stereocenters. The van der Waals surface area contributed by atoms with E-state index in [1.165, 1.54) is 36.0 Å². The molecule has 1 aromatic carbocycles.